The van der Waals surface area contributed by atoms with Gasteiger partial charge in [-0.15, -0.1) is 0 Å². The van der Waals surface area contributed by atoms with Gasteiger partial charge in [0.05, 0.1) is 11.9 Å². The van der Waals surface area contributed by atoms with Crippen molar-refractivity contribution in [2.24, 2.45) is 0 Å². The first-order valence-electron chi connectivity index (χ1n) is 6.65. The van der Waals surface area contributed by atoms with Gasteiger partial charge in [0.15, 0.2) is 0 Å². The van der Waals surface area contributed by atoms with E-state index in [1.807, 2.05) is 18.2 Å². The Morgan fingerprint density at radius 3 is 2.83 bits per heavy atom. The van der Waals surface area contributed by atoms with E-state index in [-0.39, 0.29) is 0 Å². The highest BCUT2D eigenvalue weighted by Crippen LogP contribution is 2.28. The molecule has 1 fully saturated rings. The van der Waals surface area contributed by atoms with Crippen LogP contribution in [0.15, 0.2) is 34.9 Å². The summed E-state index contributed by atoms with van der Waals surface area (Å²) >= 11 is 0. The molecule has 18 heavy (non-hydrogen) atoms. The Bertz CT molecular complexity index is 526. The van der Waals surface area contributed by atoms with Crippen LogP contribution in [0.1, 0.15) is 31.2 Å². The Morgan fingerprint density at radius 1 is 1.22 bits per heavy atom. The van der Waals surface area contributed by atoms with E-state index >= 15 is 0 Å². The number of furan rings is 1. The summed E-state index contributed by atoms with van der Waals surface area (Å²) in [5, 5.41) is 14.8. The lowest BCUT2D eigenvalue weighted by molar-refractivity contribution is 0.0475. The second-order valence-corrected chi connectivity index (χ2v) is 5.29. The van der Waals surface area contributed by atoms with Gasteiger partial charge < -0.3 is 14.8 Å². The average Bonchev–Trinajstić information content (AvgIpc) is 2.97. The van der Waals surface area contributed by atoms with Gasteiger partial charge in [0.2, 0.25) is 0 Å². The highest BCUT2D eigenvalue weighted by atomic mass is 16.3. The molecule has 0 unspecified atom stereocenters. The van der Waals surface area contributed by atoms with E-state index in [1.165, 1.54) is 0 Å². The standard InChI is InChI=1S/C15H19NO2/c17-15(7-3-4-8-15)11-16-9-12-10-18-14-6-2-1-5-13(12)14/h1-2,5-6,10,16-17H,3-4,7-9,11H2. The number of nitrogens with one attached hydrogen (secondary N) is 1. The van der Waals surface area contributed by atoms with Crippen LogP contribution in [0.2, 0.25) is 0 Å². The molecule has 2 aromatic rings. The molecule has 1 aliphatic carbocycles. The summed E-state index contributed by atoms with van der Waals surface area (Å²) in [5.41, 5.74) is 1.60. The van der Waals surface area contributed by atoms with Crippen molar-refractivity contribution in [2.75, 3.05) is 6.54 Å². The number of aliphatic hydroxyl groups is 1. The number of rotatable bonds is 4. The SMILES string of the molecule is OC1(CNCc2coc3ccccc23)CCCC1. The highest BCUT2D eigenvalue weighted by molar-refractivity contribution is 5.80. The fourth-order valence-corrected chi connectivity index (χ4v) is 2.81. The highest BCUT2D eigenvalue weighted by Gasteiger charge is 2.30. The summed E-state index contributed by atoms with van der Waals surface area (Å²) in [4.78, 5) is 0. The van der Waals surface area contributed by atoms with Crippen LogP contribution in [0.4, 0.5) is 0 Å². The van der Waals surface area contributed by atoms with Gasteiger partial charge in [0, 0.05) is 24.0 Å². The molecule has 0 radical (unpaired) electrons. The van der Waals surface area contributed by atoms with Crippen LogP contribution in [0, 0.1) is 0 Å². The molecule has 1 heterocycles. The monoisotopic (exact) mass is 245 g/mol. The number of hydrogen-bond donors (Lipinski definition) is 2. The molecule has 2 N–H and O–H groups in total. The minimum absolute atomic E-state index is 0.487. The summed E-state index contributed by atoms with van der Waals surface area (Å²) in [7, 11) is 0. The van der Waals surface area contributed by atoms with Crippen LogP contribution in [0.5, 0.6) is 0 Å². The molecule has 1 saturated carbocycles. The fourth-order valence-electron chi connectivity index (χ4n) is 2.81. The Balaban J connectivity index is 1.63. The van der Waals surface area contributed by atoms with Crippen LogP contribution >= 0.6 is 0 Å². The Morgan fingerprint density at radius 2 is 2.00 bits per heavy atom. The average molecular weight is 245 g/mol. The van der Waals surface area contributed by atoms with Gasteiger partial charge in [-0.3, -0.25) is 0 Å². The van der Waals surface area contributed by atoms with Crippen molar-refractivity contribution < 1.29 is 9.52 Å². The maximum absolute atomic E-state index is 10.2. The molecule has 1 aliphatic rings. The zero-order valence-corrected chi connectivity index (χ0v) is 10.5. The maximum atomic E-state index is 10.2. The summed E-state index contributed by atoms with van der Waals surface area (Å²) in [6.45, 7) is 1.42. The molecule has 96 valence electrons. The van der Waals surface area contributed by atoms with E-state index in [0.29, 0.717) is 6.54 Å². The first kappa shape index (κ1) is 11.8. The van der Waals surface area contributed by atoms with Crippen LogP contribution in [0.25, 0.3) is 11.0 Å². The molecule has 3 nitrogen and oxygen atoms in total. The van der Waals surface area contributed by atoms with Crippen LogP contribution in [-0.2, 0) is 6.54 Å². The zero-order chi connectivity index (χ0) is 12.4. The van der Waals surface area contributed by atoms with Crippen molar-refractivity contribution in [2.45, 2.75) is 37.8 Å². The second-order valence-electron chi connectivity index (χ2n) is 5.29. The summed E-state index contributed by atoms with van der Waals surface area (Å²) in [6.07, 6.45) is 5.94. The van der Waals surface area contributed by atoms with E-state index in [2.05, 4.69) is 11.4 Å². The van der Waals surface area contributed by atoms with Gasteiger partial charge in [0.1, 0.15) is 5.58 Å². The molecule has 0 saturated heterocycles. The quantitative estimate of drug-likeness (QED) is 0.870. The summed E-state index contributed by atoms with van der Waals surface area (Å²) in [6, 6.07) is 8.04. The van der Waals surface area contributed by atoms with Crippen molar-refractivity contribution in [1.29, 1.82) is 0 Å². The van der Waals surface area contributed by atoms with E-state index in [4.69, 9.17) is 4.42 Å². The van der Waals surface area contributed by atoms with E-state index in [0.717, 1.165) is 48.8 Å². The lowest BCUT2D eigenvalue weighted by atomic mass is 10.0. The minimum Gasteiger partial charge on any atom is -0.464 e. The molecule has 3 rings (SSSR count). The van der Waals surface area contributed by atoms with Gasteiger partial charge >= 0.3 is 0 Å². The lowest BCUT2D eigenvalue weighted by Crippen LogP contribution is -2.37. The molecule has 0 aliphatic heterocycles. The second kappa shape index (κ2) is 4.75. The fraction of sp³-hybridized carbons (Fsp3) is 0.467. The van der Waals surface area contributed by atoms with Gasteiger partial charge in [-0.1, -0.05) is 31.0 Å². The van der Waals surface area contributed by atoms with Gasteiger partial charge in [-0.2, -0.15) is 0 Å². The van der Waals surface area contributed by atoms with E-state index in [1.54, 1.807) is 6.26 Å². The maximum Gasteiger partial charge on any atom is 0.134 e. The predicted molar refractivity (Wildman–Crippen MR) is 71.3 cm³/mol. The van der Waals surface area contributed by atoms with Crippen LogP contribution in [0.3, 0.4) is 0 Å². The van der Waals surface area contributed by atoms with Gasteiger partial charge in [-0.25, -0.2) is 0 Å². The third-order valence-electron chi connectivity index (χ3n) is 3.86. The Kier molecular flexibility index (Phi) is 3.10. The normalized spacial score (nSPS) is 18.5. The first-order valence-corrected chi connectivity index (χ1v) is 6.65. The summed E-state index contributed by atoms with van der Waals surface area (Å²) < 4.78 is 5.49. The zero-order valence-electron chi connectivity index (χ0n) is 10.5. The molecule has 1 aromatic heterocycles. The molecule has 3 heteroatoms. The van der Waals surface area contributed by atoms with E-state index < -0.39 is 5.60 Å². The topological polar surface area (TPSA) is 45.4 Å². The molecular weight excluding hydrogens is 226 g/mol. The number of para-hydroxylation sites is 1. The number of benzene rings is 1. The van der Waals surface area contributed by atoms with Gasteiger partial charge in [-0.05, 0) is 18.9 Å². The van der Waals surface area contributed by atoms with Crippen LogP contribution in [-0.4, -0.2) is 17.3 Å². The van der Waals surface area contributed by atoms with Crippen molar-refractivity contribution in [1.82, 2.24) is 5.32 Å². The number of fused-ring (bicyclic) bond motifs is 1. The predicted octanol–water partition coefficient (Wildman–Crippen LogP) is 2.83. The Labute approximate surface area is 107 Å². The summed E-state index contributed by atoms with van der Waals surface area (Å²) in [5.74, 6) is 0. The number of hydrogen-bond acceptors (Lipinski definition) is 3. The largest absolute Gasteiger partial charge is 0.464 e. The molecule has 0 bridgehead atoms. The smallest absolute Gasteiger partial charge is 0.134 e. The van der Waals surface area contributed by atoms with Crippen molar-refractivity contribution in [3.05, 3.63) is 36.1 Å². The molecule has 1 aromatic carbocycles. The van der Waals surface area contributed by atoms with E-state index in [9.17, 15) is 5.11 Å². The third-order valence-corrected chi connectivity index (χ3v) is 3.86. The molecule has 0 amide bonds. The lowest BCUT2D eigenvalue weighted by Gasteiger charge is -2.22. The molecule has 0 atom stereocenters. The molecule has 0 spiro atoms. The molecular formula is C15H19NO2. The van der Waals surface area contributed by atoms with Crippen LogP contribution < -0.4 is 5.32 Å². The minimum atomic E-state index is -0.487. The third kappa shape index (κ3) is 2.28. The van der Waals surface area contributed by atoms with Crippen molar-refractivity contribution >= 4 is 11.0 Å². The van der Waals surface area contributed by atoms with Crippen molar-refractivity contribution in [3.63, 3.8) is 0 Å². The Hall–Kier alpha value is -1.32. The van der Waals surface area contributed by atoms with Crippen molar-refractivity contribution in [3.8, 4) is 0 Å². The first-order chi connectivity index (χ1) is 8.77. The van der Waals surface area contributed by atoms with Gasteiger partial charge in [0.25, 0.3) is 0 Å².